The van der Waals surface area contributed by atoms with Crippen molar-refractivity contribution in [3.8, 4) is 56.4 Å². The zero-order valence-corrected chi connectivity index (χ0v) is 27.5. The Morgan fingerprint density at radius 3 is 1.51 bits per heavy atom. The Kier molecular flexibility index (Phi) is 6.78. The van der Waals surface area contributed by atoms with Gasteiger partial charge in [0.2, 0.25) is 0 Å². The molecular formula is C47H29N3O. The van der Waals surface area contributed by atoms with E-state index in [9.17, 15) is 0 Å². The van der Waals surface area contributed by atoms with Crippen LogP contribution in [-0.2, 0) is 0 Å². The van der Waals surface area contributed by atoms with Gasteiger partial charge in [0.1, 0.15) is 11.2 Å². The highest BCUT2D eigenvalue weighted by molar-refractivity contribution is 6.13. The van der Waals surface area contributed by atoms with Crippen LogP contribution in [0.5, 0.6) is 0 Å². The van der Waals surface area contributed by atoms with Crippen LogP contribution in [0.1, 0.15) is 0 Å². The topological polar surface area (TPSA) is 51.8 Å². The molecule has 0 fully saturated rings. The van der Waals surface area contributed by atoms with E-state index in [0.717, 1.165) is 55.3 Å². The number of fused-ring (bicyclic) bond motifs is 5. The quantitative estimate of drug-likeness (QED) is 0.186. The minimum Gasteiger partial charge on any atom is -0.456 e. The van der Waals surface area contributed by atoms with Crippen LogP contribution in [0.2, 0.25) is 0 Å². The predicted molar refractivity (Wildman–Crippen MR) is 209 cm³/mol. The van der Waals surface area contributed by atoms with Crippen molar-refractivity contribution in [2.24, 2.45) is 0 Å². The predicted octanol–water partition coefficient (Wildman–Crippen LogP) is 12.4. The molecule has 4 heteroatoms. The molecule has 51 heavy (non-hydrogen) atoms. The van der Waals surface area contributed by atoms with Crippen molar-refractivity contribution in [1.82, 2.24) is 15.0 Å². The molecule has 2 heterocycles. The van der Waals surface area contributed by atoms with E-state index in [4.69, 9.17) is 19.4 Å². The maximum atomic E-state index is 6.42. The summed E-state index contributed by atoms with van der Waals surface area (Å²) in [5, 5.41) is 6.89. The Hall–Kier alpha value is -6.91. The van der Waals surface area contributed by atoms with E-state index in [-0.39, 0.29) is 0 Å². The highest BCUT2D eigenvalue weighted by atomic mass is 16.3. The highest BCUT2D eigenvalue weighted by Crippen LogP contribution is 2.39. The van der Waals surface area contributed by atoms with Gasteiger partial charge >= 0.3 is 0 Å². The number of furan rings is 1. The van der Waals surface area contributed by atoms with Crippen LogP contribution < -0.4 is 0 Å². The first-order valence-corrected chi connectivity index (χ1v) is 17.1. The molecule has 0 N–H and O–H groups in total. The van der Waals surface area contributed by atoms with Crippen LogP contribution in [0.25, 0.3) is 99.9 Å². The second-order valence-corrected chi connectivity index (χ2v) is 12.9. The number of nitrogens with zero attached hydrogens (tertiary/aromatic N) is 3. The molecule has 0 unspecified atom stereocenters. The summed E-state index contributed by atoms with van der Waals surface area (Å²) in [4.78, 5) is 15.2. The van der Waals surface area contributed by atoms with E-state index in [1.165, 1.54) is 27.1 Å². The van der Waals surface area contributed by atoms with Crippen molar-refractivity contribution < 1.29 is 4.42 Å². The third kappa shape index (κ3) is 5.22. The average molecular weight is 652 g/mol. The van der Waals surface area contributed by atoms with E-state index in [0.29, 0.717) is 17.5 Å². The van der Waals surface area contributed by atoms with Crippen molar-refractivity contribution in [3.05, 3.63) is 176 Å². The van der Waals surface area contributed by atoms with Crippen molar-refractivity contribution in [1.29, 1.82) is 0 Å². The maximum Gasteiger partial charge on any atom is 0.164 e. The first-order chi connectivity index (χ1) is 25.2. The molecule has 0 bridgehead atoms. The molecule has 2 aromatic heterocycles. The monoisotopic (exact) mass is 651 g/mol. The van der Waals surface area contributed by atoms with Gasteiger partial charge in [0.05, 0.1) is 0 Å². The van der Waals surface area contributed by atoms with Gasteiger partial charge in [0.15, 0.2) is 17.5 Å². The van der Waals surface area contributed by atoms with Crippen molar-refractivity contribution in [2.75, 3.05) is 0 Å². The van der Waals surface area contributed by atoms with Crippen molar-refractivity contribution in [2.45, 2.75) is 0 Å². The Balaban J connectivity index is 1.11. The molecule has 0 amide bonds. The van der Waals surface area contributed by atoms with Gasteiger partial charge in [0, 0.05) is 27.5 Å². The molecule has 0 spiro atoms. The van der Waals surface area contributed by atoms with Crippen LogP contribution in [-0.4, -0.2) is 15.0 Å². The molecule has 0 aliphatic carbocycles. The summed E-state index contributed by atoms with van der Waals surface area (Å²) in [6, 6.07) is 61.2. The van der Waals surface area contributed by atoms with Gasteiger partial charge in [-0.1, -0.05) is 146 Å². The lowest BCUT2D eigenvalue weighted by Gasteiger charge is -2.10. The molecule has 0 atom stereocenters. The largest absolute Gasteiger partial charge is 0.456 e. The number of hydrogen-bond acceptors (Lipinski definition) is 4. The molecule has 0 saturated heterocycles. The molecule has 0 aliphatic heterocycles. The van der Waals surface area contributed by atoms with Gasteiger partial charge in [-0.05, 0) is 74.1 Å². The van der Waals surface area contributed by atoms with E-state index < -0.39 is 0 Å². The second-order valence-electron chi connectivity index (χ2n) is 12.9. The number of aromatic nitrogens is 3. The molecular weight excluding hydrogens is 623 g/mol. The van der Waals surface area contributed by atoms with Crippen molar-refractivity contribution in [3.63, 3.8) is 0 Å². The molecule has 0 saturated carbocycles. The standard InChI is InChI=1S/C47H29N3O/c1-2-11-33(12-3-1)45-48-46(34-21-17-32(18-22-34)37-23-19-30-9-4-6-13-35(30)27-37)50-47(49-45)40-15-8-16-43-44(40)41-29-39(25-26-42(41)51-43)38-24-20-31-10-5-7-14-36(31)28-38/h1-29H. The van der Waals surface area contributed by atoms with E-state index in [2.05, 4.69) is 133 Å². The molecule has 238 valence electrons. The maximum absolute atomic E-state index is 6.42. The summed E-state index contributed by atoms with van der Waals surface area (Å²) >= 11 is 0. The number of benzene rings is 8. The molecule has 10 rings (SSSR count). The molecule has 8 aromatic carbocycles. The Morgan fingerprint density at radius 1 is 0.314 bits per heavy atom. The summed E-state index contributed by atoms with van der Waals surface area (Å²) in [5.74, 6) is 1.84. The lowest BCUT2D eigenvalue weighted by Crippen LogP contribution is -2.00. The lowest BCUT2D eigenvalue weighted by atomic mass is 9.98. The first-order valence-electron chi connectivity index (χ1n) is 17.1. The summed E-state index contributed by atoms with van der Waals surface area (Å²) in [6.45, 7) is 0. The van der Waals surface area contributed by atoms with Gasteiger partial charge in [-0.15, -0.1) is 0 Å². The van der Waals surface area contributed by atoms with Gasteiger partial charge in [-0.25, -0.2) is 15.0 Å². The second kappa shape index (κ2) is 11.9. The Bertz CT molecular complexity index is 2910. The fourth-order valence-electron chi connectivity index (χ4n) is 7.08. The lowest BCUT2D eigenvalue weighted by molar-refractivity contribution is 0.669. The zero-order valence-electron chi connectivity index (χ0n) is 27.5. The smallest absolute Gasteiger partial charge is 0.164 e. The summed E-state index contributed by atoms with van der Waals surface area (Å²) in [6.07, 6.45) is 0. The minimum absolute atomic E-state index is 0.599. The van der Waals surface area contributed by atoms with Crippen LogP contribution >= 0.6 is 0 Å². The average Bonchev–Trinajstić information content (AvgIpc) is 3.59. The SMILES string of the molecule is c1ccc(-c2nc(-c3ccc(-c4ccc5ccccc5c4)cc3)nc(-c3cccc4oc5ccc(-c6ccc7ccccc7c6)cc5c34)n2)cc1. The van der Waals surface area contributed by atoms with E-state index >= 15 is 0 Å². The highest BCUT2D eigenvalue weighted by Gasteiger charge is 2.18. The Labute approximate surface area is 294 Å². The summed E-state index contributed by atoms with van der Waals surface area (Å²) in [5.41, 5.74) is 8.95. The fourth-order valence-corrected chi connectivity index (χ4v) is 7.08. The summed E-state index contributed by atoms with van der Waals surface area (Å²) in [7, 11) is 0. The van der Waals surface area contributed by atoms with Gasteiger partial charge in [0.25, 0.3) is 0 Å². The third-order valence-corrected chi connectivity index (χ3v) is 9.71. The van der Waals surface area contributed by atoms with Crippen LogP contribution in [0.3, 0.4) is 0 Å². The molecule has 10 aromatic rings. The molecule has 0 radical (unpaired) electrons. The molecule has 4 nitrogen and oxygen atoms in total. The third-order valence-electron chi connectivity index (χ3n) is 9.71. The van der Waals surface area contributed by atoms with E-state index in [1.54, 1.807) is 0 Å². The van der Waals surface area contributed by atoms with Crippen molar-refractivity contribution >= 4 is 43.5 Å². The zero-order chi connectivity index (χ0) is 33.7. The van der Waals surface area contributed by atoms with Crippen LogP contribution in [0.4, 0.5) is 0 Å². The first kappa shape index (κ1) is 29.0. The number of rotatable bonds is 5. The van der Waals surface area contributed by atoms with Crippen LogP contribution in [0.15, 0.2) is 180 Å². The Morgan fingerprint density at radius 2 is 0.824 bits per heavy atom. The van der Waals surface area contributed by atoms with Gasteiger partial charge in [-0.2, -0.15) is 0 Å². The summed E-state index contributed by atoms with van der Waals surface area (Å²) < 4.78 is 6.42. The normalized spacial score (nSPS) is 11.5. The van der Waals surface area contributed by atoms with Gasteiger partial charge in [-0.3, -0.25) is 0 Å². The van der Waals surface area contributed by atoms with Crippen LogP contribution in [0, 0.1) is 0 Å². The van der Waals surface area contributed by atoms with E-state index in [1.807, 2.05) is 42.5 Å². The fraction of sp³-hybridized carbons (Fsp3) is 0. The minimum atomic E-state index is 0.599. The van der Waals surface area contributed by atoms with Gasteiger partial charge < -0.3 is 4.42 Å². The molecule has 0 aliphatic rings. The number of hydrogen-bond donors (Lipinski definition) is 0.